The van der Waals surface area contributed by atoms with E-state index in [0.717, 1.165) is 0 Å². The van der Waals surface area contributed by atoms with Gasteiger partial charge in [-0.3, -0.25) is 9.59 Å². The summed E-state index contributed by atoms with van der Waals surface area (Å²) < 4.78 is 10.8. The maximum absolute atomic E-state index is 11.9. The highest BCUT2D eigenvalue weighted by Gasteiger charge is 2.09. The molecule has 2 amide bonds. The topological polar surface area (TPSA) is 109 Å². The molecule has 9 heteroatoms. The average Bonchev–Trinajstić information content (AvgIpc) is 2.69. The third kappa shape index (κ3) is 6.27. The Morgan fingerprint density at radius 2 is 1.79 bits per heavy atom. The zero-order valence-electron chi connectivity index (χ0n) is 15.4. The van der Waals surface area contributed by atoms with Gasteiger partial charge in [0.15, 0.2) is 11.5 Å². The number of aromatic hydroxyl groups is 1. The third-order valence-corrected chi connectivity index (χ3v) is 4.09. The van der Waals surface area contributed by atoms with E-state index in [1.54, 1.807) is 43.5 Å². The summed E-state index contributed by atoms with van der Waals surface area (Å²) in [6.45, 7) is 0. The summed E-state index contributed by atoms with van der Waals surface area (Å²) in [7, 11) is 2.99. The normalized spacial score (nSPS) is 10.5. The van der Waals surface area contributed by atoms with Crippen LogP contribution in [0.1, 0.15) is 18.4 Å². The number of hydrazone groups is 1. The Labute approximate surface area is 170 Å². The molecule has 8 nitrogen and oxygen atoms in total. The number of rotatable bonds is 8. The van der Waals surface area contributed by atoms with Crippen LogP contribution in [-0.4, -0.2) is 37.4 Å². The third-order valence-electron chi connectivity index (χ3n) is 3.63. The minimum absolute atomic E-state index is 0.00331. The van der Waals surface area contributed by atoms with E-state index in [4.69, 9.17) is 9.47 Å². The first kappa shape index (κ1) is 21.2. The maximum Gasteiger partial charge on any atom is 0.240 e. The standard InChI is InChI=1S/C19H20BrN3O5/c1-27-15-5-3-14(4-6-15)22-17(24)7-8-18(25)23-21-11-12-9-13(20)10-16(28-2)19(12)26/h3-6,9-11,26H,7-8H2,1-2H3,(H,22,24)(H,23,25). The molecule has 0 saturated carbocycles. The van der Waals surface area contributed by atoms with Crippen molar-refractivity contribution in [3.8, 4) is 17.2 Å². The van der Waals surface area contributed by atoms with Crippen molar-refractivity contribution in [1.29, 1.82) is 0 Å². The SMILES string of the molecule is COc1ccc(NC(=O)CCC(=O)NN=Cc2cc(Br)cc(OC)c2O)cc1. The second-order valence-electron chi connectivity index (χ2n) is 5.62. The Kier molecular flexibility index (Phi) is 7.82. The minimum atomic E-state index is -0.428. The van der Waals surface area contributed by atoms with E-state index in [-0.39, 0.29) is 30.2 Å². The number of hydrogen-bond acceptors (Lipinski definition) is 6. The lowest BCUT2D eigenvalue weighted by Crippen LogP contribution is -2.20. The van der Waals surface area contributed by atoms with E-state index in [0.29, 0.717) is 21.5 Å². The van der Waals surface area contributed by atoms with Gasteiger partial charge in [0.25, 0.3) is 0 Å². The molecule has 0 spiro atoms. The number of phenolic OH excluding ortho intramolecular Hbond substituents is 1. The van der Waals surface area contributed by atoms with Crippen molar-refractivity contribution in [2.45, 2.75) is 12.8 Å². The Balaban J connectivity index is 1.81. The van der Waals surface area contributed by atoms with Gasteiger partial charge in [-0.15, -0.1) is 0 Å². The van der Waals surface area contributed by atoms with Gasteiger partial charge in [-0.1, -0.05) is 15.9 Å². The number of anilines is 1. The Morgan fingerprint density at radius 1 is 1.11 bits per heavy atom. The number of ether oxygens (including phenoxy) is 2. The van der Waals surface area contributed by atoms with Gasteiger partial charge in [-0.05, 0) is 36.4 Å². The first-order valence-corrected chi connectivity index (χ1v) is 9.04. The quantitative estimate of drug-likeness (QED) is 0.423. The Morgan fingerprint density at radius 3 is 2.43 bits per heavy atom. The number of amides is 2. The van der Waals surface area contributed by atoms with Crippen LogP contribution in [0.2, 0.25) is 0 Å². The molecule has 0 aliphatic carbocycles. The maximum atomic E-state index is 11.9. The molecule has 0 radical (unpaired) electrons. The highest BCUT2D eigenvalue weighted by molar-refractivity contribution is 9.10. The van der Waals surface area contributed by atoms with Crippen molar-refractivity contribution in [1.82, 2.24) is 5.43 Å². The summed E-state index contributed by atoms with van der Waals surface area (Å²) in [6, 6.07) is 10.1. The first-order chi connectivity index (χ1) is 13.4. The second-order valence-corrected chi connectivity index (χ2v) is 6.53. The smallest absolute Gasteiger partial charge is 0.240 e. The molecule has 148 valence electrons. The van der Waals surface area contributed by atoms with Crippen LogP contribution in [0.5, 0.6) is 17.2 Å². The number of methoxy groups -OCH3 is 2. The fourth-order valence-electron chi connectivity index (χ4n) is 2.20. The van der Waals surface area contributed by atoms with E-state index in [1.165, 1.54) is 13.3 Å². The van der Waals surface area contributed by atoms with Gasteiger partial charge < -0.3 is 19.9 Å². The number of halogens is 1. The summed E-state index contributed by atoms with van der Waals surface area (Å²) >= 11 is 3.29. The Bertz CT molecular complexity index is 869. The van der Waals surface area contributed by atoms with Crippen LogP contribution in [-0.2, 0) is 9.59 Å². The molecule has 0 bridgehead atoms. The summed E-state index contributed by atoms with van der Waals surface area (Å²) in [5.74, 6) is 0.144. The van der Waals surface area contributed by atoms with Crippen molar-refractivity contribution in [3.05, 3.63) is 46.4 Å². The highest BCUT2D eigenvalue weighted by Crippen LogP contribution is 2.32. The van der Waals surface area contributed by atoms with Crippen molar-refractivity contribution in [2.24, 2.45) is 5.10 Å². The summed E-state index contributed by atoms with van der Waals surface area (Å²) in [5, 5.41) is 16.5. The van der Waals surface area contributed by atoms with E-state index in [1.807, 2.05) is 0 Å². The van der Waals surface area contributed by atoms with Crippen molar-refractivity contribution < 1.29 is 24.2 Å². The van der Waals surface area contributed by atoms with Crippen LogP contribution in [0.4, 0.5) is 5.69 Å². The van der Waals surface area contributed by atoms with Crippen LogP contribution in [0, 0.1) is 0 Å². The van der Waals surface area contributed by atoms with E-state index in [2.05, 4.69) is 31.8 Å². The molecule has 0 heterocycles. The number of nitrogens with one attached hydrogen (secondary N) is 2. The van der Waals surface area contributed by atoms with Crippen LogP contribution < -0.4 is 20.2 Å². The van der Waals surface area contributed by atoms with Gasteiger partial charge in [0.2, 0.25) is 11.8 Å². The van der Waals surface area contributed by atoms with E-state index >= 15 is 0 Å². The van der Waals surface area contributed by atoms with Gasteiger partial charge in [-0.25, -0.2) is 5.43 Å². The molecule has 0 atom stereocenters. The predicted molar refractivity (Wildman–Crippen MR) is 109 cm³/mol. The number of carbonyl (C=O) groups is 2. The van der Waals surface area contributed by atoms with Crippen molar-refractivity contribution in [3.63, 3.8) is 0 Å². The van der Waals surface area contributed by atoms with Gasteiger partial charge >= 0.3 is 0 Å². The van der Waals surface area contributed by atoms with E-state index < -0.39 is 5.91 Å². The Hall–Kier alpha value is -3.07. The molecular weight excluding hydrogens is 430 g/mol. The van der Waals surface area contributed by atoms with Crippen LogP contribution >= 0.6 is 15.9 Å². The lowest BCUT2D eigenvalue weighted by atomic mass is 10.2. The number of benzene rings is 2. The molecule has 0 fully saturated rings. The fraction of sp³-hybridized carbons (Fsp3) is 0.211. The second kappa shape index (κ2) is 10.3. The predicted octanol–water partition coefficient (Wildman–Crippen LogP) is 3.04. The van der Waals surface area contributed by atoms with Crippen LogP contribution in [0.25, 0.3) is 0 Å². The number of phenols is 1. The lowest BCUT2D eigenvalue weighted by Gasteiger charge is -2.07. The molecule has 28 heavy (non-hydrogen) atoms. The number of hydrogen-bond donors (Lipinski definition) is 3. The highest BCUT2D eigenvalue weighted by atomic mass is 79.9. The first-order valence-electron chi connectivity index (χ1n) is 8.25. The fourth-order valence-corrected chi connectivity index (χ4v) is 2.66. The molecule has 2 aromatic rings. The van der Waals surface area contributed by atoms with Gasteiger partial charge in [0.1, 0.15) is 5.75 Å². The molecule has 0 unspecified atom stereocenters. The van der Waals surface area contributed by atoms with Crippen LogP contribution in [0.15, 0.2) is 46.0 Å². The summed E-state index contributed by atoms with van der Waals surface area (Å²) in [5.41, 5.74) is 3.30. The summed E-state index contributed by atoms with van der Waals surface area (Å²) in [4.78, 5) is 23.7. The molecule has 0 aromatic heterocycles. The molecule has 3 N–H and O–H groups in total. The monoisotopic (exact) mass is 449 g/mol. The van der Waals surface area contributed by atoms with Gasteiger partial charge in [-0.2, -0.15) is 5.10 Å². The molecule has 2 rings (SSSR count). The zero-order chi connectivity index (χ0) is 20.5. The molecule has 0 aliphatic rings. The number of nitrogens with zero attached hydrogens (tertiary/aromatic N) is 1. The molecule has 0 aliphatic heterocycles. The van der Waals surface area contributed by atoms with Crippen molar-refractivity contribution >= 4 is 39.6 Å². The zero-order valence-corrected chi connectivity index (χ0v) is 16.9. The van der Waals surface area contributed by atoms with Crippen molar-refractivity contribution in [2.75, 3.05) is 19.5 Å². The van der Waals surface area contributed by atoms with Gasteiger partial charge in [0, 0.05) is 28.6 Å². The average molecular weight is 450 g/mol. The minimum Gasteiger partial charge on any atom is -0.504 e. The summed E-state index contributed by atoms with van der Waals surface area (Å²) in [6.07, 6.45) is 1.26. The van der Waals surface area contributed by atoms with E-state index in [9.17, 15) is 14.7 Å². The number of carbonyl (C=O) groups excluding carboxylic acids is 2. The molecular formula is C19H20BrN3O5. The molecule has 2 aromatic carbocycles. The van der Waals surface area contributed by atoms with Crippen LogP contribution in [0.3, 0.4) is 0 Å². The molecule has 0 saturated heterocycles. The lowest BCUT2D eigenvalue weighted by molar-refractivity contribution is -0.124. The largest absolute Gasteiger partial charge is 0.504 e. The van der Waals surface area contributed by atoms with Gasteiger partial charge in [0.05, 0.1) is 20.4 Å².